The van der Waals surface area contributed by atoms with Gasteiger partial charge >= 0.3 is 12.1 Å². The largest absolute Gasteiger partial charge is 0.479 e. The fraction of sp³-hybridized carbons (Fsp3) is 0.500. The van der Waals surface area contributed by atoms with Gasteiger partial charge in [0.25, 0.3) is 0 Å². The van der Waals surface area contributed by atoms with Crippen LogP contribution in [0, 0.1) is 5.41 Å². The number of rotatable bonds is 3. The number of aliphatic carboxylic acids is 1. The molecule has 2 fully saturated rings. The summed E-state index contributed by atoms with van der Waals surface area (Å²) in [6, 6.07) is 9.44. The van der Waals surface area contributed by atoms with E-state index in [1.54, 1.807) is 4.90 Å². The molecule has 1 aromatic rings. The van der Waals surface area contributed by atoms with Gasteiger partial charge in [0.05, 0.1) is 0 Å². The van der Waals surface area contributed by atoms with Crippen molar-refractivity contribution in [2.75, 3.05) is 13.1 Å². The standard InChI is InChI=1S/C16H19NO5/c18-13(19)16(21)9-15(10-16)6-7-17(11-15)14(20)22-8-12-4-2-1-3-5-12/h1-5,21H,6-11H2,(H,18,19). The van der Waals surface area contributed by atoms with Gasteiger partial charge in [-0.15, -0.1) is 0 Å². The van der Waals surface area contributed by atoms with Crippen molar-refractivity contribution < 1.29 is 24.5 Å². The molecule has 1 saturated heterocycles. The van der Waals surface area contributed by atoms with Crippen LogP contribution in [0.2, 0.25) is 0 Å². The average molecular weight is 305 g/mol. The Kier molecular flexibility index (Phi) is 3.56. The second-order valence-electron chi connectivity index (χ2n) is 6.40. The zero-order chi connectivity index (χ0) is 15.8. The molecule has 1 spiro atoms. The summed E-state index contributed by atoms with van der Waals surface area (Å²) in [7, 11) is 0. The van der Waals surface area contributed by atoms with Crippen LogP contribution in [0.3, 0.4) is 0 Å². The van der Waals surface area contributed by atoms with E-state index in [4.69, 9.17) is 9.84 Å². The van der Waals surface area contributed by atoms with Gasteiger partial charge in [-0.2, -0.15) is 0 Å². The topological polar surface area (TPSA) is 87.1 Å². The summed E-state index contributed by atoms with van der Waals surface area (Å²) in [4.78, 5) is 24.6. The van der Waals surface area contributed by atoms with E-state index in [-0.39, 0.29) is 31.0 Å². The van der Waals surface area contributed by atoms with Gasteiger partial charge in [0.15, 0.2) is 5.60 Å². The van der Waals surface area contributed by atoms with Crippen LogP contribution in [0.15, 0.2) is 30.3 Å². The van der Waals surface area contributed by atoms with Gasteiger partial charge < -0.3 is 19.8 Å². The van der Waals surface area contributed by atoms with Crippen LogP contribution in [0.25, 0.3) is 0 Å². The van der Waals surface area contributed by atoms with Crippen LogP contribution in [0.4, 0.5) is 4.79 Å². The highest BCUT2D eigenvalue weighted by Crippen LogP contribution is 2.54. The lowest BCUT2D eigenvalue weighted by Gasteiger charge is -2.48. The number of carboxylic acids is 1. The predicted octanol–water partition coefficient (Wildman–Crippen LogP) is 1.62. The number of nitrogens with zero attached hydrogens (tertiary/aromatic N) is 1. The van der Waals surface area contributed by atoms with Crippen molar-refractivity contribution in [3.63, 3.8) is 0 Å². The van der Waals surface area contributed by atoms with Crippen LogP contribution in [-0.4, -0.2) is 45.9 Å². The van der Waals surface area contributed by atoms with E-state index in [0.717, 1.165) is 5.56 Å². The summed E-state index contributed by atoms with van der Waals surface area (Å²) in [5, 5.41) is 18.8. The number of hydrogen-bond donors (Lipinski definition) is 2. The van der Waals surface area contributed by atoms with Gasteiger partial charge in [0.1, 0.15) is 6.61 Å². The summed E-state index contributed by atoms with van der Waals surface area (Å²) in [6.07, 6.45) is 0.741. The quantitative estimate of drug-likeness (QED) is 0.886. The first-order chi connectivity index (χ1) is 10.4. The first-order valence-electron chi connectivity index (χ1n) is 7.34. The van der Waals surface area contributed by atoms with Crippen LogP contribution in [0.1, 0.15) is 24.8 Å². The second-order valence-corrected chi connectivity index (χ2v) is 6.40. The molecule has 6 nitrogen and oxygen atoms in total. The Morgan fingerprint density at radius 1 is 1.23 bits per heavy atom. The van der Waals surface area contributed by atoms with Gasteiger partial charge in [-0.05, 0) is 30.2 Å². The van der Waals surface area contributed by atoms with Gasteiger partial charge in [-0.1, -0.05) is 30.3 Å². The zero-order valence-corrected chi connectivity index (χ0v) is 12.2. The summed E-state index contributed by atoms with van der Waals surface area (Å²) < 4.78 is 5.28. The molecule has 2 aliphatic rings. The van der Waals surface area contributed by atoms with E-state index in [1.165, 1.54) is 0 Å². The van der Waals surface area contributed by atoms with Gasteiger partial charge in [0, 0.05) is 13.1 Å². The SMILES string of the molecule is O=C(OCc1ccccc1)N1CCC2(C1)CC(O)(C(=O)O)C2. The highest BCUT2D eigenvalue weighted by atomic mass is 16.6. The molecule has 1 aliphatic heterocycles. The van der Waals surface area contributed by atoms with Crippen LogP contribution < -0.4 is 0 Å². The van der Waals surface area contributed by atoms with E-state index < -0.39 is 11.6 Å². The van der Waals surface area contributed by atoms with E-state index in [0.29, 0.717) is 19.5 Å². The Morgan fingerprint density at radius 3 is 2.55 bits per heavy atom. The van der Waals surface area contributed by atoms with Crippen LogP contribution in [-0.2, 0) is 16.1 Å². The molecule has 1 aromatic carbocycles. The zero-order valence-electron chi connectivity index (χ0n) is 12.2. The van der Waals surface area contributed by atoms with Crippen LogP contribution >= 0.6 is 0 Å². The van der Waals surface area contributed by atoms with E-state index in [1.807, 2.05) is 30.3 Å². The monoisotopic (exact) mass is 305 g/mol. The molecule has 0 aromatic heterocycles. The van der Waals surface area contributed by atoms with Crippen LogP contribution in [0.5, 0.6) is 0 Å². The van der Waals surface area contributed by atoms with Crippen molar-refractivity contribution in [1.29, 1.82) is 0 Å². The second kappa shape index (κ2) is 5.28. The number of aliphatic hydroxyl groups is 1. The van der Waals surface area contributed by atoms with Crippen molar-refractivity contribution in [3.05, 3.63) is 35.9 Å². The maximum atomic E-state index is 12.1. The fourth-order valence-electron chi connectivity index (χ4n) is 3.53. The number of ether oxygens (including phenoxy) is 1. The van der Waals surface area contributed by atoms with E-state index in [9.17, 15) is 14.7 Å². The Bertz CT molecular complexity index is 579. The minimum atomic E-state index is -1.62. The fourth-order valence-corrected chi connectivity index (χ4v) is 3.53. The molecular formula is C16H19NO5. The van der Waals surface area contributed by atoms with Gasteiger partial charge in [-0.3, -0.25) is 0 Å². The van der Waals surface area contributed by atoms with E-state index in [2.05, 4.69) is 0 Å². The summed E-state index contributed by atoms with van der Waals surface area (Å²) >= 11 is 0. The molecule has 1 amide bonds. The number of carboxylic acid groups (broad SMARTS) is 1. The van der Waals surface area contributed by atoms with E-state index >= 15 is 0 Å². The van der Waals surface area contributed by atoms with Crippen molar-refractivity contribution >= 4 is 12.1 Å². The molecule has 0 bridgehead atoms. The third-order valence-electron chi connectivity index (χ3n) is 4.63. The minimum Gasteiger partial charge on any atom is -0.479 e. The molecule has 0 radical (unpaired) electrons. The number of benzene rings is 1. The van der Waals surface area contributed by atoms with Crippen molar-refractivity contribution in [2.45, 2.75) is 31.5 Å². The molecule has 22 heavy (non-hydrogen) atoms. The summed E-state index contributed by atoms with van der Waals surface area (Å²) in [5.74, 6) is -1.18. The molecule has 1 aliphatic carbocycles. The Morgan fingerprint density at radius 2 is 1.91 bits per heavy atom. The normalized spacial score (nSPS) is 30.1. The first kappa shape index (κ1) is 14.8. The molecule has 118 valence electrons. The number of amides is 1. The molecule has 2 N–H and O–H groups in total. The third-order valence-corrected chi connectivity index (χ3v) is 4.63. The highest BCUT2D eigenvalue weighted by molar-refractivity contribution is 5.79. The van der Waals surface area contributed by atoms with Gasteiger partial charge in [-0.25, -0.2) is 9.59 Å². The number of likely N-dealkylation sites (tertiary alicyclic amines) is 1. The lowest BCUT2D eigenvalue weighted by Crippen LogP contribution is -2.58. The van der Waals surface area contributed by atoms with Crippen molar-refractivity contribution in [3.8, 4) is 0 Å². The molecule has 0 atom stereocenters. The van der Waals surface area contributed by atoms with Gasteiger partial charge in [0.2, 0.25) is 0 Å². The Balaban J connectivity index is 1.51. The van der Waals surface area contributed by atoms with Crippen molar-refractivity contribution in [2.24, 2.45) is 5.41 Å². The Hall–Kier alpha value is -2.08. The molecule has 1 heterocycles. The Labute approximate surface area is 128 Å². The summed E-state index contributed by atoms with van der Waals surface area (Å²) in [6.45, 7) is 1.22. The maximum Gasteiger partial charge on any atom is 0.410 e. The molecule has 0 unspecified atom stereocenters. The predicted molar refractivity (Wildman–Crippen MR) is 77.1 cm³/mol. The lowest BCUT2D eigenvalue weighted by atomic mass is 9.58. The number of carbonyl (C=O) groups is 2. The smallest absolute Gasteiger partial charge is 0.410 e. The molecular weight excluding hydrogens is 286 g/mol. The summed E-state index contributed by atoms with van der Waals surface area (Å²) in [5.41, 5.74) is -0.961. The minimum absolute atomic E-state index is 0.206. The average Bonchev–Trinajstić information content (AvgIpc) is 2.90. The molecule has 6 heteroatoms. The maximum absolute atomic E-state index is 12.1. The molecule has 3 rings (SSSR count). The first-order valence-corrected chi connectivity index (χ1v) is 7.34. The molecule has 1 saturated carbocycles. The highest BCUT2D eigenvalue weighted by Gasteiger charge is 2.60. The number of carbonyl (C=O) groups excluding carboxylic acids is 1. The number of hydrogen-bond acceptors (Lipinski definition) is 4. The third kappa shape index (κ3) is 2.66. The lowest BCUT2D eigenvalue weighted by molar-refractivity contribution is -0.185. The van der Waals surface area contributed by atoms with Crippen molar-refractivity contribution in [1.82, 2.24) is 4.90 Å².